The molecule has 9 heteroatoms. The third kappa shape index (κ3) is 3.77. The number of halogens is 3. The summed E-state index contributed by atoms with van der Waals surface area (Å²) in [6.07, 6.45) is 0. The van der Waals surface area contributed by atoms with E-state index in [-0.39, 0.29) is 16.3 Å². The summed E-state index contributed by atoms with van der Waals surface area (Å²) in [6, 6.07) is 5.96. The number of sulfonamides is 1. The third-order valence-electron chi connectivity index (χ3n) is 2.83. The van der Waals surface area contributed by atoms with E-state index >= 15 is 0 Å². The highest BCUT2D eigenvalue weighted by molar-refractivity contribution is 7.92. The van der Waals surface area contributed by atoms with Crippen molar-refractivity contribution in [3.05, 3.63) is 58.6 Å². The smallest absolute Gasteiger partial charge is 0.339 e. The second-order valence-corrected chi connectivity index (χ2v) is 6.48. The highest BCUT2D eigenvalue weighted by atomic mass is 35.5. The van der Waals surface area contributed by atoms with Crippen molar-refractivity contribution in [2.45, 2.75) is 4.90 Å². The zero-order valence-electron chi connectivity index (χ0n) is 11.6. The van der Waals surface area contributed by atoms with E-state index in [1.165, 1.54) is 18.2 Å². The predicted octanol–water partition coefficient (Wildman–Crippen LogP) is 3.21. The predicted molar refractivity (Wildman–Crippen MR) is 80.0 cm³/mol. The number of carbonyl (C=O) groups excluding carboxylic acids is 1. The number of hydrogen-bond donors (Lipinski definition) is 1. The summed E-state index contributed by atoms with van der Waals surface area (Å²) >= 11 is 5.79. The van der Waals surface area contributed by atoms with Gasteiger partial charge in [-0.3, -0.25) is 4.72 Å². The van der Waals surface area contributed by atoms with Gasteiger partial charge in [0.05, 0.1) is 23.3 Å². The van der Waals surface area contributed by atoms with Crippen LogP contribution in [0, 0.1) is 11.6 Å². The molecule has 0 saturated carbocycles. The average Bonchev–Trinajstić information content (AvgIpc) is 2.49. The van der Waals surface area contributed by atoms with Crippen molar-refractivity contribution < 1.29 is 26.7 Å². The summed E-state index contributed by atoms with van der Waals surface area (Å²) < 4.78 is 57.3. The van der Waals surface area contributed by atoms with Gasteiger partial charge in [-0.25, -0.2) is 22.0 Å². The van der Waals surface area contributed by atoms with Gasteiger partial charge in [0.2, 0.25) is 0 Å². The van der Waals surface area contributed by atoms with Crippen LogP contribution in [0.4, 0.5) is 14.5 Å². The monoisotopic (exact) mass is 361 g/mol. The van der Waals surface area contributed by atoms with Crippen LogP contribution in [0.25, 0.3) is 0 Å². The summed E-state index contributed by atoms with van der Waals surface area (Å²) in [6.45, 7) is 0. The quantitative estimate of drug-likeness (QED) is 0.849. The molecular formula is C14H10ClF2NO4S. The highest BCUT2D eigenvalue weighted by Crippen LogP contribution is 2.25. The first-order valence-corrected chi connectivity index (χ1v) is 7.96. The second-order valence-electron chi connectivity index (χ2n) is 4.36. The summed E-state index contributed by atoms with van der Waals surface area (Å²) in [7, 11) is -3.13. The van der Waals surface area contributed by atoms with Crippen LogP contribution in [0.5, 0.6) is 0 Å². The van der Waals surface area contributed by atoms with Gasteiger partial charge in [-0.1, -0.05) is 11.6 Å². The second kappa shape index (κ2) is 6.51. The minimum absolute atomic E-state index is 0.0805. The number of esters is 1. The lowest BCUT2D eigenvalue weighted by molar-refractivity contribution is 0.0602. The lowest BCUT2D eigenvalue weighted by Gasteiger charge is -2.12. The Hall–Kier alpha value is -2.19. The lowest BCUT2D eigenvalue weighted by Crippen LogP contribution is -2.16. The van der Waals surface area contributed by atoms with Crippen molar-refractivity contribution in [1.29, 1.82) is 0 Å². The van der Waals surface area contributed by atoms with Crippen LogP contribution in [-0.2, 0) is 14.8 Å². The van der Waals surface area contributed by atoms with E-state index in [9.17, 15) is 22.0 Å². The van der Waals surface area contributed by atoms with Crippen LogP contribution >= 0.6 is 11.6 Å². The molecule has 0 atom stereocenters. The molecule has 2 aromatic carbocycles. The molecule has 0 aliphatic carbocycles. The summed E-state index contributed by atoms with van der Waals surface area (Å²) in [5.41, 5.74) is -0.225. The van der Waals surface area contributed by atoms with E-state index in [1.807, 2.05) is 0 Å². The maximum atomic E-state index is 13.2. The van der Waals surface area contributed by atoms with E-state index in [1.54, 1.807) is 0 Å². The van der Waals surface area contributed by atoms with Crippen LogP contribution in [0.1, 0.15) is 10.4 Å². The van der Waals surface area contributed by atoms with Crippen molar-refractivity contribution in [2.75, 3.05) is 11.8 Å². The lowest BCUT2D eigenvalue weighted by atomic mass is 10.2. The van der Waals surface area contributed by atoms with Crippen molar-refractivity contribution in [3.8, 4) is 0 Å². The third-order valence-corrected chi connectivity index (χ3v) is 4.43. The molecule has 0 saturated heterocycles. The van der Waals surface area contributed by atoms with Crippen molar-refractivity contribution >= 4 is 33.3 Å². The molecule has 2 rings (SSSR count). The molecule has 0 aliphatic heterocycles. The maximum Gasteiger partial charge on any atom is 0.339 e. The summed E-state index contributed by atoms with van der Waals surface area (Å²) in [5.74, 6) is -3.28. The van der Waals surface area contributed by atoms with Gasteiger partial charge in [-0.15, -0.1) is 0 Å². The Bertz CT molecular complexity index is 871. The van der Waals surface area contributed by atoms with Crippen molar-refractivity contribution in [3.63, 3.8) is 0 Å². The molecule has 0 radical (unpaired) electrons. The first-order valence-electron chi connectivity index (χ1n) is 6.10. The van der Waals surface area contributed by atoms with E-state index < -0.39 is 32.5 Å². The highest BCUT2D eigenvalue weighted by Gasteiger charge is 2.21. The van der Waals surface area contributed by atoms with Gasteiger partial charge < -0.3 is 4.74 Å². The molecule has 0 aliphatic rings. The van der Waals surface area contributed by atoms with E-state index in [0.717, 1.165) is 13.2 Å². The molecule has 0 heterocycles. The first kappa shape index (κ1) is 17.2. The maximum absolute atomic E-state index is 13.2. The molecule has 0 fully saturated rings. The molecule has 2 aromatic rings. The van der Waals surface area contributed by atoms with Gasteiger partial charge in [0.15, 0.2) is 11.6 Å². The Morgan fingerprint density at radius 1 is 1.13 bits per heavy atom. The largest absolute Gasteiger partial charge is 0.465 e. The molecule has 23 heavy (non-hydrogen) atoms. The topological polar surface area (TPSA) is 72.5 Å². The fourth-order valence-corrected chi connectivity index (χ4v) is 2.99. The molecule has 0 amide bonds. The Labute approximate surface area is 135 Å². The standard InChI is InChI=1S/C14H10ClF2NO4S/c1-22-14(19)10-4-2-8(15)6-13(10)18-23(20,21)9-3-5-11(16)12(17)7-9/h2-7,18H,1H3. The normalized spacial score (nSPS) is 11.1. The van der Waals surface area contributed by atoms with Gasteiger partial charge in [-0.2, -0.15) is 0 Å². The molecule has 0 aromatic heterocycles. The SMILES string of the molecule is COC(=O)c1ccc(Cl)cc1NS(=O)(=O)c1ccc(F)c(F)c1. The fraction of sp³-hybridized carbons (Fsp3) is 0.0714. The number of methoxy groups -OCH3 is 1. The van der Waals surface area contributed by atoms with Gasteiger partial charge >= 0.3 is 5.97 Å². The van der Waals surface area contributed by atoms with Crippen LogP contribution < -0.4 is 4.72 Å². The summed E-state index contributed by atoms with van der Waals surface area (Å²) in [4.78, 5) is 11.1. The Morgan fingerprint density at radius 3 is 2.43 bits per heavy atom. The molecule has 5 nitrogen and oxygen atoms in total. The Kier molecular flexibility index (Phi) is 4.86. The molecular weight excluding hydrogens is 352 g/mol. The minimum Gasteiger partial charge on any atom is -0.465 e. The van der Waals surface area contributed by atoms with Crippen molar-refractivity contribution in [2.24, 2.45) is 0 Å². The zero-order chi connectivity index (χ0) is 17.2. The zero-order valence-corrected chi connectivity index (χ0v) is 13.2. The molecule has 0 spiro atoms. The fourth-order valence-electron chi connectivity index (χ4n) is 1.74. The number of hydrogen-bond acceptors (Lipinski definition) is 4. The number of benzene rings is 2. The van der Waals surface area contributed by atoms with Gasteiger partial charge in [-0.05, 0) is 36.4 Å². The van der Waals surface area contributed by atoms with Crippen LogP contribution in [-0.4, -0.2) is 21.5 Å². The molecule has 0 bridgehead atoms. The molecule has 0 unspecified atom stereocenters. The Balaban J connectivity index is 2.46. The number of anilines is 1. The van der Waals surface area contributed by atoms with E-state index in [0.29, 0.717) is 12.1 Å². The van der Waals surface area contributed by atoms with Gasteiger partial charge in [0, 0.05) is 5.02 Å². The minimum atomic E-state index is -4.26. The van der Waals surface area contributed by atoms with Crippen LogP contribution in [0.2, 0.25) is 5.02 Å². The van der Waals surface area contributed by atoms with Crippen molar-refractivity contribution in [1.82, 2.24) is 0 Å². The number of nitrogens with one attached hydrogen (secondary N) is 1. The van der Waals surface area contributed by atoms with Gasteiger partial charge in [0.1, 0.15) is 0 Å². The van der Waals surface area contributed by atoms with E-state index in [2.05, 4.69) is 9.46 Å². The number of rotatable bonds is 4. The first-order chi connectivity index (χ1) is 10.7. The number of carbonyl (C=O) groups is 1. The number of ether oxygens (including phenoxy) is 1. The van der Waals surface area contributed by atoms with Crippen LogP contribution in [0.3, 0.4) is 0 Å². The summed E-state index contributed by atoms with van der Waals surface area (Å²) in [5, 5.41) is 0.167. The Morgan fingerprint density at radius 2 is 1.83 bits per heavy atom. The molecule has 122 valence electrons. The average molecular weight is 362 g/mol. The molecule has 1 N–H and O–H groups in total. The van der Waals surface area contributed by atoms with Crippen LogP contribution in [0.15, 0.2) is 41.3 Å². The van der Waals surface area contributed by atoms with Gasteiger partial charge in [0.25, 0.3) is 10.0 Å². The van der Waals surface area contributed by atoms with E-state index in [4.69, 9.17) is 11.6 Å².